The lowest BCUT2D eigenvalue weighted by Gasteiger charge is -2.30. The van der Waals surface area contributed by atoms with Gasteiger partial charge in [0.15, 0.2) is 0 Å². The molecule has 2 aliphatic rings. The van der Waals surface area contributed by atoms with Crippen LogP contribution in [0.4, 0.5) is 0 Å². The van der Waals surface area contributed by atoms with Crippen molar-refractivity contribution in [3.8, 4) is 0 Å². The van der Waals surface area contributed by atoms with Gasteiger partial charge in [0.1, 0.15) is 0 Å². The monoisotopic (exact) mass is 376 g/mol. The smallest absolute Gasteiger partial charge is 0.255 e. The molecule has 6 heteroatoms. The number of amides is 1. The van der Waals surface area contributed by atoms with Gasteiger partial charge >= 0.3 is 0 Å². The lowest BCUT2D eigenvalue weighted by Crippen LogP contribution is -2.46. The van der Waals surface area contributed by atoms with Crippen LogP contribution in [0.2, 0.25) is 0 Å². The number of likely N-dealkylation sites (tertiary alicyclic amines) is 1. The predicted octanol–water partition coefficient (Wildman–Crippen LogP) is 3.32. The van der Waals surface area contributed by atoms with Crippen molar-refractivity contribution in [1.29, 1.82) is 0 Å². The van der Waals surface area contributed by atoms with E-state index in [4.69, 9.17) is 4.74 Å². The van der Waals surface area contributed by atoms with E-state index in [9.17, 15) is 4.79 Å². The molecule has 152 valence electrons. The molecule has 1 aromatic heterocycles. The van der Waals surface area contributed by atoms with Crippen LogP contribution in [-0.4, -0.2) is 59.0 Å². The highest BCUT2D eigenvalue weighted by molar-refractivity contribution is 5.95. The molecule has 3 heterocycles. The van der Waals surface area contributed by atoms with E-state index in [2.05, 4.69) is 29.2 Å². The van der Waals surface area contributed by atoms with Gasteiger partial charge in [-0.3, -0.25) is 9.48 Å². The topological polar surface area (TPSA) is 59.4 Å². The molecule has 6 nitrogen and oxygen atoms in total. The van der Waals surface area contributed by atoms with Crippen molar-refractivity contribution >= 4 is 5.91 Å². The van der Waals surface area contributed by atoms with Gasteiger partial charge in [-0.1, -0.05) is 12.8 Å². The zero-order valence-electron chi connectivity index (χ0n) is 17.3. The molecule has 1 amide bonds. The summed E-state index contributed by atoms with van der Waals surface area (Å²) >= 11 is 0. The Hall–Kier alpha value is -1.40. The maximum absolute atomic E-state index is 12.9. The van der Waals surface area contributed by atoms with Crippen LogP contribution in [0.3, 0.4) is 0 Å². The number of hydrogen-bond donors (Lipinski definition) is 1. The van der Waals surface area contributed by atoms with E-state index in [1.54, 1.807) is 6.20 Å². The van der Waals surface area contributed by atoms with E-state index >= 15 is 0 Å². The van der Waals surface area contributed by atoms with Crippen molar-refractivity contribution in [2.24, 2.45) is 0 Å². The highest BCUT2D eigenvalue weighted by Gasteiger charge is 2.26. The van der Waals surface area contributed by atoms with Gasteiger partial charge in [-0.15, -0.1) is 0 Å². The second-order valence-corrected chi connectivity index (χ2v) is 8.78. The van der Waals surface area contributed by atoms with Gasteiger partial charge in [0.25, 0.3) is 5.91 Å². The first-order valence-corrected chi connectivity index (χ1v) is 10.6. The van der Waals surface area contributed by atoms with Crippen molar-refractivity contribution in [3.05, 3.63) is 17.5 Å². The fourth-order valence-electron chi connectivity index (χ4n) is 4.18. The summed E-state index contributed by atoms with van der Waals surface area (Å²) in [6.45, 7) is 11.2. The largest absolute Gasteiger partial charge is 0.381 e. The summed E-state index contributed by atoms with van der Waals surface area (Å²) in [7, 11) is 0. The standard InChI is InChI=1S/C21H36N4O2/c1-17-19(16-22-25(17)18-8-14-27-15-9-18)20(26)23-21(2,3)10-13-24-11-6-4-5-7-12-24/h16,18H,4-15H2,1-3H3,(H,23,26). The quantitative estimate of drug-likeness (QED) is 0.827. The minimum absolute atomic E-state index is 0.00771. The summed E-state index contributed by atoms with van der Waals surface area (Å²) in [5.41, 5.74) is 1.43. The van der Waals surface area contributed by atoms with Crippen molar-refractivity contribution in [2.45, 2.75) is 77.3 Å². The fourth-order valence-corrected chi connectivity index (χ4v) is 4.18. The Morgan fingerprint density at radius 2 is 1.89 bits per heavy atom. The van der Waals surface area contributed by atoms with E-state index in [0.717, 1.165) is 44.7 Å². The second kappa shape index (κ2) is 9.20. The molecule has 0 saturated carbocycles. The van der Waals surface area contributed by atoms with Gasteiger partial charge in [-0.05, 0) is 66.0 Å². The number of carbonyl (C=O) groups excluding carboxylic acids is 1. The summed E-state index contributed by atoms with van der Waals surface area (Å²) in [4.78, 5) is 15.4. The summed E-state index contributed by atoms with van der Waals surface area (Å²) in [6.07, 6.45) is 9.93. The number of carbonyl (C=O) groups is 1. The normalized spacial score (nSPS) is 20.4. The summed E-state index contributed by atoms with van der Waals surface area (Å²) in [5.74, 6) is -0.00771. The Bertz CT molecular complexity index is 612. The molecule has 1 aromatic rings. The Morgan fingerprint density at radius 3 is 2.56 bits per heavy atom. The zero-order chi connectivity index (χ0) is 19.3. The SMILES string of the molecule is Cc1c(C(=O)NC(C)(C)CCN2CCCCCC2)cnn1C1CCOCC1. The molecule has 0 aromatic carbocycles. The predicted molar refractivity (Wildman–Crippen MR) is 107 cm³/mol. The van der Waals surface area contributed by atoms with Crippen molar-refractivity contribution in [3.63, 3.8) is 0 Å². The van der Waals surface area contributed by atoms with Crippen LogP contribution in [0.25, 0.3) is 0 Å². The van der Waals surface area contributed by atoms with E-state index in [0.29, 0.717) is 11.6 Å². The molecule has 0 spiro atoms. The highest BCUT2D eigenvalue weighted by atomic mass is 16.5. The van der Waals surface area contributed by atoms with E-state index < -0.39 is 0 Å². The number of nitrogens with one attached hydrogen (secondary N) is 1. The minimum atomic E-state index is -0.226. The second-order valence-electron chi connectivity index (χ2n) is 8.78. The molecule has 27 heavy (non-hydrogen) atoms. The summed E-state index contributed by atoms with van der Waals surface area (Å²) < 4.78 is 7.46. The Kier molecular flexibility index (Phi) is 6.93. The highest BCUT2D eigenvalue weighted by Crippen LogP contribution is 2.23. The lowest BCUT2D eigenvalue weighted by atomic mass is 9.99. The van der Waals surface area contributed by atoms with E-state index in [-0.39, 0.29) is 11.4 Å². The summed E-state index contributed by atoms with van der Waals surface area (Å²) in [6, 6.07) is 0.344. The Balaban J connectivity index is 1.56. The van der Waals surface area contributed by atoms with Gasteiger partial charge in [-0.25, -0.2) is 0 Å². The number of nitrogens with zero attached hydrogens (tertiary/aromatic N) is 3. The van der Waals surface area contributed by atoms with Crippen LogP contribution in [0.1, 0.15) is 80.9 Å². The van der Waals surface area contributed by atoms with Crippen LogP contribution in [0.15, 0.2) is 6.20 Å². The fraction of sp³-hybridized carbons (Fsp3) is 0.810. The molecule has 2 fully saturated rings. The van der Waals surface area contributed by atoms with Crippen molar-refractivity contribution in [2.75, 3.05) is 32.8 Å². The molecule has 2 aliphatic heterocycles. The van der Waals surface area contributed by atoms with Gasteiger partial charge in [0.2, 0.25) is 0 Å². The first-order valence-electron chi connectivity index (χ1n) is 10.6. The third-order valence-corrected chi connectivity index (χ3v) is 6.03. The summed E-state index contributed by atoms with van der Waals surface area (Å²) in [5, 5.41) is 7.75. The number of ether oxygens (including phenoxy) is 1. The van der Waals surface area contributed by atoms with Crippen LogP contribution < -0.4 is 5.32 Å². The van der Waals surface area contributed by atoms with Crippen LogP contribution in [0, 0.1) is 6.92 Å². The molecular formula is C21H36N4O2. The molecule has 0 bridgehead atoms. The lowest BCUT2D eigenvalue weighted by molar-refractivity contribution is 0.0656. The van der Waals surface area contributed by atoms with Crippen molar-refractivity contribution < 1.29 is 9.53 Å². The van der Waals surface area contributed by atoms with Gasteiger partial charge < -0.3 is 15.0 Å². The zero-order valence-corrected chi connectivity index (χ0v) is 17.3. The Morgan fingerprint density at radius 1 is 1.22 bits per heavy atom. The average Bonchev–Trinajstić information content (AvgIpc) is 2.86. The first kappa shape index (κ1) is 20.3. The Labute approximate surface area is 163 Å². The van der Waals surface area contributed by atoms with Crippen LogP contribution in [0.5, 0.6) is 0 Å². The molecule has 0 atom stereocenters. The van der Waals surface area contributed by atoms with Crippen molar-refractivity contribution in [1.82, 2.24) is 20.0 Å². The molecule has 0 unspecified atom stereocenters. The third kappa shape index (κ3) is 5.55. The minimum Gasteiger partial charge on any atom is -0.381 e. The maximum atomic E-state index is 12.9. The number of aromatic nitrogens is 2. The molecule has 3 rings (SSSR count). The first-order chi connectivity index (χ1) is 13.0. The molecule has 1 N–H and O–H groups in total. The van der Waals surface area contributed by atoms with Crippen LogP contribution >= 0.6 is 0 Å². The molecule has 0 aliphatic carbocycles. The van der Waals surface area contributed by atoms with Gasteiger partial charge in [0.05, 0.1) is 17.8 Å². The number of hydrogen-bond acceptors (Lipinski definition) is 4. The maximum Gasteiger partial charge on any atom is 0.255 e. The van der Waals surface area contributed by atoms with E-state index in [1.807, 2.05) is 11.6 Å². The molecule has 2 saturated heterocycles. The third-order valence-electron chi connectivity index (χ3n) is 6.03. The number of rotatable bonds is 6. The van der Waals surface area contributed by atoms with Crippen LogP contribution in [-0.2, 0) is 4.74 Å². The molecular weight excluding hydrogens is 340 g/mol. The molecule has 0 radical (unpaired) electrons. The van der Waals surface area contributed by atoms with Gasteiger partial charge in [0, 0.05) is 31.0 Å². The van der Waals surface area contributed by atoms with E-state index in [1.165, 1.54) is 38.8 Å². The van der Waals surface area contributed by atoms with Gasteiger partial charge in [-0.2, -0.15) is 5.10 Å². The average molecular weight is 377 g/mol.